The third-order valence-corrected chi connectivity index (χ3v) is 2.41. The highest BCUT2D eigenvalue weighted by Crippen LogP contribution is 2.19. The quantitative estimate of drug-likeness (QED) is 0.575. The van der Waals surface area contributed by atoms with Crippen LogP contribution < -0.4 is 0 Å². The van der Waals surface area contributed by atoms with Gasteiger partial charge in [-0.2, -0.15) is 0 Å². The second kappa shape index (κ2) is 4.55. The van der Waals surface area contributed by atoms with Crippen molar-refractivity contribution in [1.82, 2.24) is 0 Å². The molecule has 1 N–H and O–H groups in total. The van der Waals surface area contributed by atoms with E-state index in [0.29, 0.717) is 5.92 Å². The molecule has 1 nitrogen and oxygen atoms in total. The summed E-state index contributed by atoms with van der Waals surface area (Å²) in [4.78, 5) is 0. The van der Waals surface area contributed by atoms with Crippen molar-refractivity contribution >= 4 is 0 Å². The van der Waals surface area contributed by atoms with Crippen LogP contribution in [0.25, 0.3) is 0 Å². The van der Waals surface area contributed by atoms with Crippen LogP contribution in [0.4, 0.5) is 0 Å². The molecule has 64 valence electrons. The second-order valence-corrected chi connectivity index (χ2v) is 3.47. The van der Waals surface area contributed by atoms with Crippen LogP contribution in [-0.4, -0.2) is 11.2 Å². The Hall–Kier alpha value is -0.300. The fraction of sp³-hybridized carbons (Fsp3) is 0.800. The minimum Gasteiger partial charge on any atom is -0.393 e. The molecule has 0 aromatic heterocycles. The molecule has 0 aromatic carbocycles. The van der Waals surface area contributed by atoms with Gasteiger partial charge in [0, 0.05) is 5.92 Å². The lowest BCUT2D eigenvalue weighted by Gasteiger charge is -2.17. The zero-order chi connectivity index (χ0) is 8.10. The summed E-state index contributed by atoms with van der Waals surface area (Å²) < 4.78 is 0. The molecule has 0 amide bonds. The van der Waals surface area contributed by atoms with Crippen LogP contribution in [0.2, 0.25) is 0 Å². The maximum absolute atomic E-state index is 9.34. The molecule has 0 aliphatic heterocycles. The molecular weight excluding hydrogens is 136 g/mol. The molecule has 1 rings (SSSR count). The summed E-state index contributed by atoms with van der Waals surface area (Å²) in [5.74, 6) is 0.412. The highest BCUT2D eigenvalue weighted by Gasteiger charge is 2.11. The molecule has 0 aromatic rings. The van der Waals surface area contributed by atoms with Gasteiger partial charge in [0.25, 0.3) is 0 Å². The monoisotopic (exact) mass is 154 g/mol. The van der Waals surface area contributed by atoms with Crippen LogP contribution in [0.1, 0.15) is 39.0 Å². The average molecular weight is 154 g/mol. The van der Waals surface area contributed by atoms with E-state index in [9.17, 15) is 5.11 Å². The smallest absolute Gasteiger partial charge is 0.0574 e. The molecule has 2 atom stereocenters. The third-order valence-electron chi connectivity index (χ3n) is 2.41. The fourth-order valence-corrected chi connectivity index (χ4v) is 1.59. The van der Waals surface area contributed by atoms with Gasteiger partial charge in [-0.25, -0.2) is 0 Å². The Morgan fingerprint density at radius 1 is 1.36 bits per heavy atom. The van der Waals surface area contributed by atoms with Crippen LogP contribution in [0.3, 0.4) is 0 Å². The summed E-state index contributed by atoms with van der Waals surface area (Å²) in [6.45, 7) is 1.89. The summed E-state index contributed by atoms with van der Waals surface area (Å²) in [5.41, 5.74) is 0. The van der Waals surface area contributed by atoms with E-state index in [1.54, 1.807) is 0 Å². The van der Waals surface area contributed by atoms with Crippen molar-refractivity contribution in [2.45, 2.75) is 45.1 Å². The molecule has 0 spiro atoms. The average Bonchev–Trinajstić information content (AvgIpc) is 1.84. The van der Waals surface area contributed by atoms with E-state index >= 15 is 0 Å². The zero-order valence-electron chi connectivity index (χ0n) is 7.29. The molecule has 1 aliphatic carbocycles. The number of hydrogen-bond donors (Lipinski definition) is 1. The molecule has 11 heavy (non-hydrogen) atoms. The predicted octanol–water partition coefficient (Wildman–Crippen LogP) is 2.50. The van der Waals surface area contributed by atoms with E-state index < -0.39 is 0 Å². The summed E-state index contributed by atoms with van der Waals surface area (Å²) in [6.07, 6.45) is 10.5. The van der Waals surface area contributed by atoms with Gasteiger partial charge in [-0.15, -0.1) is 0 Å². The lowest BCUT2D eigenvalue weighted by atomic mass is 9.93. The van der Waals surface area contributed by atoms with Gasteiger partial charge in [0.2, 0.25) is 0 Å². The number of aliphatic hydroxyl groups excluding tert-OH is 1. The minimum absolute atomic E-state index is 0.163. The van der Waals surface area contributed by atoms with Crippen molar-refractivity contribution in [2.24, 2.45) is 5.92 Å². The third kappa shape index (κ3) is 3.06. The van der Waals surface area contributed by atoms with E-state index in [1.165, 1.54) is 25.7 Å². The van der Waals surface area contributed by atoms with Gasteiger partial charge in [0.15, 0.2) is 0 Å². The standard InChI is InChI=1S/C10H18O/c1-9(11)10-7-5-3-2-4-6-8-10/h5,7,9-11H,2-4,6,8H2,1H3/b7-5-/t9-,10+/m0/s1. The largest absolute Gasteiger partial charge is 0.393 e. The van der Waals surface area contributed by atoms with Crippen molar-refractivity contribution in [1.29, 1.82) is 0 Å². The number of rotatable bonds is 1. The first-order chi connectivity index (χ1) is 5.30. The molecule has 0 saturated carbocycles. The first-order valence-electron chi connectivity index (χ1n) is 4.65. The van der Waals surface area contributed by atoms with Crippen LogP contribution >= 0.6 is 0 Å². The lowest BCUT2D eigenvalue weighted by Crippen LogP contribution is -2.14. The van der Waals surface area contributed by atoms with Gasteiger partial charge in [-0.3, -0.25) is 0 Å². The number of aliphatic hydroxyl groups is 1. The van der Waals surface area contributed by atoms with E-state index in [1.807, 2.05) is 6.92 Å². The molecule has 0 unspecified atom stereocenters. The molecule has 0 fully saturated rings. The summed E-state index contributed by atoms with van der Waals surface area (Å²) in [5, 5.41) is 9.34. The Labute approximate surface area is 69.1 Å². The van der Waals surface area contributed by atoms with Crippen molar-refractivity contribution in [3.63, 3.8) is 0 Å². The van der Waals surface area contributed by atoms with Crippen molar-refractivity contribution in [3.8, 4) is 0 Å². The van der Waals surface area contributed by atoms with Gasteiger partial charge in [0.05, 0.1) is 6.10 Å². The molecular formula is C10H18O. The fourth-order valence-electron chi connectivity index (χ4n) is 1.59. The van der Waals surface area contributed by atoms with E-state index in [0.717, 1.165) is 6.42 Å². The van der Waals surface area contributed by atoms with Crippen LogP contribution in [0.5, 0.6) is 0 Å². The molecule has 1 heteroatoms. The maximum Gasteiger partial charge on any atom is 0.0574 e. The molecule has 0 heterocycles. The lowest BCUT2D eigenvalue weighted by molar-refractivity contribution is 0.141. The van der Waals surface area contributed by atoms with Crippen LogP contribution in [-0.2, 0) is 0 Å². The predicted molar refractivity (Wildman–Crippen MR) is 47.4 cm³/mol. The van der Waals surface area contributed by atoms with Gasteiger partial charge < -0.3 is 5.11 Å². The topological polar surface area (TPSA) is 20.2 Å². The molecule has 0 saturated heterocycles. The van der Waals surface area contributed by atoms with Gasteiger partial charge in [-0.05, 0) is 26.2 Å². The van der Waals surface area contributed by atoms with Crippen molar-refractivity contribution < 1.29 is 5.11 Å². The normalized spacial score (nSPS) is 32.0. The van der Waals surface area contributed by atoms with E-state index in [-0.39, 0.29) is 6.10 Å². The molecule has 0 bridgehead atoms. The van der Waals surface area contributed by atoms with Gasteiger partial charge >= 0.3 is 0 Å². The SMILES string of the molecule is C[C@H](O)[C@@H]1/C=C\CCCCC1. The second-order valence-electron chi connectivity index (χ2n) is 3.47. The Kier molecular flexibility index (Phi) is 3.64. The van der Waals surface area contributed by atoms with Crippen molar-refractivity contribution in [3.05, 3.63) is 12.2 Å². The first-order valence-corrected chi connectivity index (χ1v) is 4.65. The number of hydrogen-bond acceptors (Lipinski definition) is 1. The Bertz CT molecular complexity index is 127. The Balaban J connectivity index is 2.42. The highest BCUT2D eigenvalue weighted by atomic mass is 16.3. The summed E-state index contributed by atoms with van der Waals surface area (Å²) in [7, 11) is 0. The Morgan fingerprint density at radius 3 is 2.91 bits per heavy atom. The van der Waals surface area contributed by atoms with Crippen LogP contribution in [0, 0.1) is 5.92 Å². The number of allylic oxidation sites excluding steroid dienone is 1. The van der Waals surface area contributed by atoms with Crippen molar-refractivity contribution in [2.75, 3.05) is 0 Å². The highest BCUT2D eigenvalue weighted by molar-refractivity contribution is 4.92. The Morgan fingerprint density at radius 2 is 2.18 bits per heavy atom. The minimum atomic E-state index is -0.163. The van der Waals surface area contributed by atoms with Gasteiger partial charge in [0.1, 0.15) is 0 Å². The summed E-state index contributed by atoms with van der Waals surface area (Å²) >= 11 is 0. The van der Waals surface area contributed by atoms with E-state index in [4.69, 9.17) is 0 Å². The van der Waals surface area contributed by atoms with Crippen LogP contribution in [0.15, 0.2) is 12.2 Å². The molecule has 1 aliphatic rings. The van der Waals surface area contributed by atoms with E-state index in [2.05, 4.69) is 12.2 Å². The zero-order valence-corrected chi connectivity index (χ0v) is 7.29. The molecule has 0 radical (unpaired) electrons. The summed E-state index contributed by atoms with van der Waals surface area (Å²) in [6, 6.07) is 0. The maximum atomic E-state index is 9.34. The van der Waals surface area contributed by atoms with Gasteiger partial charge in [-0.1, -0.05) is 25.0 Å². The first kappa shape index (κ1) is 8.79.